The van der Waals surface area contributed by atoms with Crippen molar-refractivity contribution in [2.45, 2.75) is 45.3 Å². The molecule has 0 aliphatic carbocycles. The van der Waals surface area contributed by atoms with Crippen LogP contribution < -0.4 is 10.9 Å². The van der Waals surface area contributed by atoms with Crippen molar-refractivity contribution in [2.24, 2.45) is 0 Å². The van der Waals surface area contributed by atoms with E-state index in [-0.39, 0.29) is 14.8 Å². The zero-order valence-corrected chi connectivity index (χ0v) is 14.0. The van der Waals surface area contributed by atoms with E-state index in [1.165, 1.54) is 0 Å². The largest absolute Gasteiger partial charge is 0.505 e. The van der Waals surface area contributed by atoms with Gasteiger partial charge in [-0.25, -0.2) is 4.98 Å². The number of aromatic hydroxyl groups is 1. The molecule has 7 nitrogen and oxygen atoms in total. The monoisotopic (exact) mass is 396 g/mol. The molecule has 1 aliphatic heterocycles. The van der Waals surface area contributed by atoms with Crippen LogP contribution in [0.25, 0.3) is 10.3 Å². The van der Waals surface area contributed by atoms with Crippen molar-refractivity contribution in [2.75, 3.05) is 26.1 Å². The summed E-state index contributed by atoms with van der Waals surface area (Å²) >= 11 is 0.558. The van der Waals surface area contributed by atoms with E-state index in [2.05, 4.69) is 4.98 Å². The molecule has 0 spiro atoms. The van der Waals surface area contributed by atoms with E-state index in [0.717, 1.165) is 5.51 Å². The molecule has 0 atom stereocenters. The predicted molar refractivity (Wildman–Crippen MR) is 103 cm³/mol. The van der Waals surface area contributed by atoms with Crippen LogP contribution in [0.5, 0.6) is 5.75 Å². The smallest absolute Gasteiger partial charge is 0.269 e. The van der Waals surface area contributed by atoms with Gasteiger partial charge in [0.1, 0.15) is 10.3 Å². The molecule has 0 radical (unpaired) electrons. The zero-order valence-electron chi connectivity index (χ0n) is 31.2. The first-order valence-electron chi connectivity index (χ1n) is 16.2. The molecule has 2 N–H and O–H groups in total. The molecule has 0 saturated carbocycles. The number of rotatable bonds is 6. The number of hydrogen-bond acceptors (Lipinski definition) is 6. The molecule has 142 valence electrons. The van der Waals surface area contributed by atoms with Crippen molar-refractivity contribution >= 4 is 27.6 Å². The van der Waals surface area contributed by atoms with E-state index >= 15 is 0 Å². The van der Waals surface area contributed by atoms with Crippen molar-refractivity contribution < 1.29 is 34.6 Å². The Balaban J connectivity index is 2.03. The maximum atomic E-state index is 13.5. The Morgan fingerprint density at radius 2 is 2.31 bits per heavy atom. The molecule has 1 saturated heterocycles. The summed E-state index contributed by atoms with van der Waals surface area (Å²) in [7, 11) is 0. The molecule has 1 aliphatic rings. The van der Waals surface area contributed by atoms with Crippen molar-refractivity contribution in [3.05, 3.63) is 21.4 Å². The summed E-state index contributed by atoms with van der Waals surface area (Å²) < 4.78 is 142. The van der Waals surface area contributed by atoms with E-state index in [1.807, 2.05) is 0 Å². The van der Waals surface area contributed by atoms with Crippen molar-refractivity contribution in [1.82, 2.24) is 19.8 Å². The average Bonchev–Trinajstić information content (AvgIpc) is 3.33. The van der Waals surface area contributed by atoms with Gasteiger partial charge in [0.25, 0.3) is 11.5 Å². The number of piperidine rings is 1. The molecule has 1 amide bonds. The third kappa shape index (κ3) is 3.76. The topological polar surface area (TPSA) is 87.5 Å². The fraction of sp³-hybridized carbons (Fsp3) is 0.611. The van der Waals surface area contributed by atoms with E-state index in [1.54, 1.807) is 0 Å². The third-order valence-corrected chi connectivity index (χ3v) is 4.19. The lowest BCUT2D eigenvalue weighted by atomic mass is 10.1. The minimum atomic E-state index is -3.71. The molecule has 1 fully saturated rings. The van der Waals surface area contributed by atoms with Crippen LogP contribution in [0.2, 0.25) is 1.41 Å². The minimum Gasteiger partial charge on any atom is -0.505 e. The number of likely N-dealkylation sites (tertiary alicyclic amines) is 1. The second-order valence-corrected chi connectivity index (χ2v) is 5.86. The van der Waals surface area contributed by atoms with Crippen LogP contribution in [-0.2, 0) is 0 Å². The highest BCUT2D eigenvalue weighted by Crippen LogP contribution is 2.30. The molecule has 2 aromatic heterocycles. The summed E-state index contributed by atoms with van der Waals surface area (Å²) in [4.78, 5) is 30.5. The molecule has 3 heterocycles. The number of hydrogen-bond donors (Lipinski definition) is 2. The average molecular weight is 397 g/mol. The lowest BCUT2D eigenvalue weighted by molar-refractivity contribution is 0.0946. The van der Waals surface area contributed by atoms with E-state index in [9.17, 15) is 14.7 Å². The fourth-order valence-corrected chi connectivity index (χ4v) is 2.96. The normalized spacial score (nSPS) is 36.9. The number of carbonyl (C=O) groups excluding carboxylic acids is 1. The van der Waals surface area contributed by atoms with Crippen molar-refractivity contribution in [3.63, 3.8) is 0 Å². The maximum Gasteiger partial charge on any atom is 0.269 e. The Morgan fingerprint density at radius 3 is 3.04 bits per heavy atom. The zero-order chi connectivity index (χ0) is 34.4. The van der Waals surface area contributed by atoms with Crippen LogP contribution in [0.15, 0.2) is 10.3 Å². The van der Waals surface area contributed by atoms with E-state index in [4.69, 9.17) is 24.7 Å². The molecule has 0 unspecified atom stereocenters. The minimum absolute atomic E-state index is 0.00160. The Morgan fingerprint density at radius 1 is 1.54 bits per heavy atom. The van der Waals surface area contributed by atoms with E-state index in [0.29, 0.717) is 11.3 Å². The predicted octanol–water partition coefficient (Wildman–Crippen LogP) is 2.35. The number of thiazole rings is 1. The highest BCUT2D eigenvalue weighted by Gasteiger charge is 2.24. The Bertz CT molecular complexity index is 1470. The van der Waals surface area contributed by atoms with Gasteiger partial charge in [0.05, 0.1) is 6.88 Å². The van der Waals surface area contributed by atoms with Gasteiger partial charge in [0.2, 0.25) is 0 Å². The summed E-state index contributed by atoms with van der Waals surface area (Å²) in [5, 5.41) is 10.7. The number of pyridine rings is 1. The molecule has 26 heavy (non-hydrogen) atoms. The van der Waals surface area contributed by atoms with Gasteiger partial charge in [-0.3, -0.25) is 14.2 Å². The molecule has 0 aromatic carbocycles. The number of nitrogens with zero attached hydrogens (tertiary/aromatic N) is 3. The Hall–Kier alpha value is -1.93. The molecular formula is C18H26N4O3S. The molecule has 3 rings (SSSR count). The summed E-state index contributed by atoms with van der Waals surface area (Å²) in [6.45, 7) is -16.0. The van der Waals surface area contributed by atoms with Gasteiger partial charge in [0.15, 0.2) is 12.8 Å². The third-order valence-electron chi connectivity index (χ3n) is 3.37. The standard InChI is InChI=1S/C18H26N4O3S/c1-12(2)22-16-15(26-11-20-16)14(23)13(18(22)25)17(24)19-7-6-10-21-8-4-3-5-9-21/h11-12,23H,3-10H2,1-2H3,(H,19,24)/i1D3,2D3,3D2,4D2,5D2,8D2,9D2,12D/hD. The Kier molecular flexibility index (Phi) is 2.07. The highest BCUT2D eigenvalue weighted by atomic mass is 32.1. The van der Waals surface area contributed by atoms with Crippen LogP contribution in [0, 0.1) is 0 Å². The SMILES string of the molecule is [2H]N(CCCN1C([2H])([2H])C([2H])([2H])C([2H])([2H])C([2H])([2H])C1([2H])[2H])C(=O)c1c(O)c2scnc2n(C([2H])(C([2H])([2H])[2H])C([2H])([2H])[2H])c1=O. The number of nitrogens with one attached hydrogen (secondary N) is 1. The van der Waals surface area contributed by atoms with Crippen LogP contribution in [0.3, 0.4) is 0 Å². The Labute approximate surface area is 182 Å². The first-order chi connectivity index (χ1) is 19.5. The number of amides is 1. The van der Waals surface area contributed by atoms with Gasteiger partial charge in [0, 0.05) is 34.5 Å². The lowest BCUT2D eigenvalue weighted by Gasteiger charge is -2.26. The second kappa shape index (κ2) is 8.18. The van der Waals surface area contributed by atoms with Gasteiger partial charge in [-0.15, -0.1) is 11.3 Å². The summed E-state index contributed by atoms with van der Waals surface area (Å²) in [5.41, 5.74) is -2.83. The number of fused-ring (bicyclic) bond motifs is 1. The highest BCUT2D eigenvalue weighted by molar-refractivity contribution is 7.17. The summed E-state index contributed by atoms with van der Waals surface area (Å²) in [5.74, 6) is -2.74. The lowest BCUT2D eigenvalue weighted by Crippen LogP contribution is -2.36. The van der Waals surface area contributed by atoms with Gasteiger partial charge in [-0.2, -0.15) is 0 Å². The maximum absolute atomic E-state index is 13.5. The van der Waals surface area contributed by atoms with Crippen LogP contribution >= 0.6 is 11.3 Å². The van der Waals surface area contributed by atoms with Crippen LogP contribution in [-0.4, -0.2) is 51.5 Å². The van der Waals surface area contributed by atoms with Gasteiger partial charge in [-0.05, 0) is 52.4 Å². The van der Waals surface area contributed by atoms with E-state index < -0.39 is 104 Å². The first-order valence-corrected chi connectivity index (χ1v) is 8.16. The van der Waals surface area contributed by atoms with Crippen molar-refractivity contribution in [3.8, 4) is 5.75 Å². The van der Waals surface area contributed by atoms with Crippen molar-refractivity contribution in [1.29, 1.82) is 0 Å². The number of carbonyl (C=O) groups is 1. The molecule has 0 bridgehead atoms. The van der Waals surface area contributed by atoms with Gasteiger partial charge >= 0.3 is 0 Å². The molecule has 8 heteroatoms. The summed E-state index contributed by atoms with van der Waals surface area (Å²) in [6, 6.07) is -3.71. The second-order valence-electron chi connectivity index (χ2n) is 5.01. The van der Waals surface area contributed by atoms with Gasteiger partial charge in [-0.1, -0.05) is 6.37 Å². The molecule has 2 aromatic rings. The first kappa shape index (κ1) is 6.60. The quantitative estimate of drug-likeness (QED) is 0.783. The van der Waals surface area contributed by atoms with Gasteiger partial charge < -0.3 is 15.3 Å². The molecular weight excluding hydrogens is 352 g/mol. The number of aromatic nitrogens is 2. The fourth-order valence-electron chi connectivity index (χ4n) is 2.23. The van der Waals surface area contributed by atoms with Crippen LogP contribution in [0.1, 0.15) is 78.9 Å². The van der Waals surface area contributed by atoms with Crippen LogP contribution in [0.4, 0.5) is 0 Å². The summed E-state index contributed by atoms with van der Waals surface area (Å²) in [6.07, 6.45) is -11.4.